The van der Waals surface area contributed by atoms with Gasteiger partial charge in [-0.15, -0.1) is 0 Å². The summed E-state index contributed by atoms with van der Waals surface area (Å²) in [6, 6.07) is 0. The van der Waals surface area contributed by atoms with E-state index in [4.69, 9.17) is 4.74 Å². The first-order chi connectivity index (χ1) is 12.9. The summed E-state index contributed by atoms with van der Waals surface area (Å²) >= 11 is 1.48. The van der Waals surface area contributed by atoms with Gasteiger partial charge in [-0.2, -0.15) is 11.8 Å². The Kier molecular flexibility index (Phi) is 6.71. The Bertz CT molecular complexity index is 553. The fourth-order valence-electron chi connectivity index (χ4n) is 4.65. The summed E-state index contributed by atoms with van der Waals surface area (Å²) in [5, 5.41) is 14.2. The maximum absolute atomic E-state index is 12.1. The standard InChI is InChI=1S/C19H33N3O4S/c1-18(20-15(23)14-27-2)7-13-26-19(17(18)25)5-9-21(10-6-19)11-12-22-8-3-4-16(22)24/h17,25H,3-14H2,1-2H3,(H,20,23)/t17?,18-/m1/s1. The second kappa shape index (κ2) is 8.68. The third-order valence-electron chi connectivity index (χ3n) is 6.37. The number of rotatable bonds is 6. The highest BCUT2D eigenvalue weighted by Crippen LogP contribution is 2.39. The molecular weight excluding hydrogens is 366 g/mol. The van der Waals surface area contributed by atoms with Gasteiger partial charge in [0.05, 0.1) is 16.9 Å². The molecule has 0 aliphatic carbocycles. The molecule has 0 bridgehead atoms. The first-order valence-corrected chi connectivity index (χ1v) is 11.4. The number of ether oxygens (including phenoxy) is 1. The molecule has 0 aromatic rings. The number of piperidine rings is 1. The minimum absolute atomic E-state index is 0.0335. The molecule has 0 radical (unpaired) electrons. The number of nitrogens with zero attached hydrogens (tertiary/aromatic N) is 2. The number of amides is 2. The minimum Gasteiger partial charge on any atom is -0.388 e. The molecule has 0 aromatic carbocycles. The average molecular weight is 400 g/mol. The number of nitrogens with one attached hydrogen (secondary N) is 1. The van der Waals surface area contributed by atoms with Crippen molar-refractivity contribution in [2.75, 3.05) is 51.3 Å². The van der Waals surface area contributed by atoms with Gasteiger partial charge in [0.15, 0.2) is 0 Å². The van der Waals surface area contributed by atoms with Gasteiger partial charge in [-0.3, -0.25) is 9.59 Å². The maximum atomic E-state index is 12.1. The number of aliphatic hydroxyl groups is 1. The first-order valence-electron chi connectivity index (χ1n) is 10.0. The topological polar surface area (TPSA) is 82.1 Å². The molecule has 0 saturated carbocycles. The molecule has 0 aromatic heterocycles. The van der Waals surface area contributed by atoms with Crippen molar-refractivity contribution in [2.45, 2.75) is 56.3 Å². The summed E-state index contributed by atoms with van der Waals surface area (Å²) < 4.78 is 6.10. The van der Waals surface area contributed by atoms with Gasteiger partial charge in [0.25, 0.3) is 0 Å². The van der Waals surface area contributed by atoms with Crippen LogP contribution in [0.15, 0.2) is 0 Å². The number of thioether (sulfide) groups is 1. The second-order valence-corrected chi connectivity index (χ2v) is 9.16. The van der Waals surface area contributed by atoms with Crippen LogP contribution in [0.2, 0.25) is 0 Å². The summed E-state index contributed by atoms with van der Waals surface area (Å²) in [5.41, 5.74) is -1.23. The van der Waals surface area contributed by atoms with Crippen molar-refractivity contribution in [3.63, 3.8) is 0 Å². The van der Waals surface area contributed by atoms with Gasteiger partial charge in [-0.05, 0) is 38.9 Å². The van der Waals surface area contributed by atoms with Crippen molar-refractivity contribution >= 4 is 23.6 Å². The van der Waals surface area contributed by atoms with E-state index in [1.165, 1.54) is 11.8 Å². The molecule has 7 nitrogen and oxygen atoms in total. The van der Waals surface area contributed by atoms with Gasteiger partial charge >= 0.3 is 0 Å². The average Bonchev–Trinajstić information content (AvgIpc) is 3.04. The van der Waals surface area contributed by atoms with Crippen LogP contribution in [0.1, 0.15) is 39.0 Å². The van der Waals surface area contributed by atoms with E-state index in [-0.39, 0.29) is 11.8 Å². The smallest absolute Gasteiger partial charge is 0.230 e. The molecule has 27 heavy (non-hydrogen) atoms. The number of carbonyl (C=O) groups is 2. The molecule has 3 rings (SSSR count). The molecule has 3 saturated heterocycles. The summed E-state index contributed by atoms with van der Waals surface area (Å²) in [7, 11) is 0. The van der Waals surface area contributed by atoms with Gasteiger partial charge in [0.2, 0.25) is 11.8 Å². The van der Waals surface area contributed by atoms with Crippen LogP contribution in [0.25, 0.3) is 0 Å². The molecule has 3 fully saturated rings. The number of likely N-dealkylation sites (tertiary alicyclic amines) is 2. The molecule has 3 aliphatic rings. The Morgan fingerprint density at radius 1 is 1.30 bits per heavy atom. The number of hydrogen-bond acceptors (Lipinski definition) is 6. The van der Waals surface area contributed by atoms with E-state index in [2.05, 4.69) is 10.2 Å². The van der Waals surface area contributed by atoms with Gasteiger partial charge in [-0.25, -0.2) is 0 Å². The van der Waals surface area contributed by atoms with Gasteiger partial charge in [-0.1, -0.05) is 0 Å². The molecular formula is C19H33N3O4S. The van der Waals surface area contributed by atoms with Crippen molar-refractivity contribution in [3.05, 3.63) is 0 Å². The summed E-state index contributed by atoms with van der Waals surface area (Å²) in [5.74, 6) is 0.638. The van der Waals surface area contributed by atoms with Gasteiger partial charge in [0, 0.05) is 45.8 Å². The zero-order valence-electron chi connectivity index (χ0n) is 16.5. The van der Waals surface area contributed by atoms with Crippen molar-refractivity contribution in [3.8, 4) is 0 Å². The fraction of sp³-hybridized carbons (Fsp3) is 0.895. The molecule has 154 valence electrons. The van der Waals surface area contributed by atoms with Crippen LogP contribution >= 0.6 is 11.8 Å². The van der Waals surface area contributed by atoms with Crippen molar-refractivity contribution < 1.29 is 19.4 Å². The Morgan fingerprint density at radius 3 is 2.67 bits per heavy atom. The molecule has 2 amide bonds. The normalized spacial score (nSPS) is 31.4. The highest BCUT2D eigenvalue weighted by Gasteiger charge is 2.53. The predicted octanol–water partition coefficient (Wildman–Crippen LogP) is 0.463. The largest absolute Gasteiger partial charge is 0.388 e. The summed E-state index contributed by atoms with van der Waals surface area (Å²) in [6.07, 6.45) is 4.96. The van der Waals surface area contributed by atoms with Gasteiger partial charge < -0.3 is 25.0 Å². The second-order valence-electron chi connectivity index (χ2n) is 8.29. The van der Waals surface area contributed by atoms with Crippen molar-refractivity contribution in [2.24, 2.45) is 0 Å². The van der Waals surface area contributed by atoms with E-state index in [1.54, 1.807) is 0 Å². The quantitative estimate of drug-likeness (QED) is 0.675. The number of hydrogen-bond donors (Lipinski definition) is 2. The minimum atomic E-state index is -0.716. The van der Waals surface area contributed by atoms with E-state index in [0.717, 1.165) is 52.0 Å². The van der Waals surface area contributed by atoms with Crippen LogP contribution in [-0.4, -0.2) is 95.3 Å². The third-order valence-corrected chi connectivity index (χ3v) is 6.92. The lowest BCUT2D eigenvalue weighted by Crippen LogP contribution is -2.69. The lowest BCUT2D eigenvalue weighted by Gasteiger charge is -2.53. The molecule has 3 aliphatic heterocycles. The Balaban J connectivity index is 1.54. The summed E-state index contributed by atoms with van der Waals surface area (Å²) in [4.78, 5) is 28.2. The third kappa shape index (κ3) is 4.60. The van der Waals surface area contributed by atoms with Crippen LogP contribution in [0.3, 0.4) is 0 Å². The van der Waals surface area contributed by atoms with Crippen LogP contribution in [-0.2, 0) is 14.3 Å². The molecule has 1 spiro atoms. The van der Waals surface area contributed by atoms with Crippen LogP contribution < -0.4 is 5.32 Å². The number of aliphatic hydroxyl groups excluding tert-OH is 1. The first kappa shape index (κ1) is 20.9. The Labute approximate surface area is 166 Å². The Hall–Kier alpha value is -0.830. The van der Waals surface area contributed by atoms with Crippen molar-refractivity contribution in [1.29, 1.82) is 0 Å². The molecule has 2 N–H and O–H groups in total. The van der Waals surface area contributed by atoms with Gasteiger partial charge in [0.1, 0.15) is 6.10 Å². The molecule has 3 heterocycles. The Morgan fingerprint density at radius 2 is 2.04 bits per heavy atom. The van der Waals surface area contributed by atoms with Crippen LogP contribution in [0.5, 0.6) is 0 Å². The molecule has 2 atom stereocenters. The van der Waals surface area contributed by atoms with E-state index in [0.29, 0.717) is 25.2 Å². The van der Waals surface area contributed by atoms with Crippen LogP contribution in [0.4, 0.5) is 0 Å². The van der Waals surface area contributed by atoms with E-state index in [1.807, 2.05) is 18.1 Å². The van der Waals surface area contributed by atoms with E-state index >= 15 is 0 Å². The molecule has 1 unspecified atom stereocenters. The highest BCUT2D eigenvalue weighted by atomic mass is 32.2. The summed E-state index contributed by atoms with van der Waals surface area (Å²) in [6.45, 7) is 6.71. The predicted molar refractivity (Wildman–Crippen MR) is 106 cm³/mol. The SMILES string of the molecule is CSCC(=O)N[C@]1(C)CCOC2(CCN(CCN3CCCC3=O)CC2)C1O. The zero-order chi connectivity index (χ0) is 19.5. The van der Waals surface area contributed by atoms with Crippen LogP contribution in [0, 0.1) is 0 Å². The number of carbonyl (C=O) groups excluding carboxylic acids is 2. The van der Waals surface area contributed by atoms with Crippen molar-refractivity contribution in [1.82, 2.24) is 15.1 Å². The van der Waals surface area contributed by atoms with E-state index < -0.39 is 17.2 Å². The lowest BCUT2D eigenvalue weighted by atomic mass is 9.73. The monoisotopic (exact) mass is 399 g/mol. The van der Waals surface area contributed by atoms with E-state index in [9.17, 15) is 14.7 Å². The zero-order valence-corrected chi connectivity index (χ0v) is 17.4. The lowest BCUT2D eigenvalue weighted by molar-refractivity contribution is -0.207. The fourth-order valence-corrected chi connectivity index (χ4v) is 4.99. The maximum Gasteiger partial charge on any atom is 0.230 e. The molecule has 8 heteroatoms. The highest BCUT2D eigenvalue weighted by molar-refractivity contribution is 7.99.